The second-order valence-corrected chi connectivity index (χ2v) is 6.57. The minimum atomic E-state index is -0.640. The number of aromatic nitrogens is 3. The van der Waals surface area contributed by atoms with Gasteiger partial charge in [-0.15, -0.1) is 5.10 Å². The van der Waals surface area contributed by atoms with Crippen LogP contribution < -0.4 is 0 Å². The van der Waals surface area contributed by atoms with E-state index in [1.807, 2.05) is 59.5 Å². The molecule has 0 spiro atoms. The third-order valence-corrected chi connectivity index (χ3v) is 4.72. The van der Waals surface area contributed by atoms with E-state index in [2.05, 4.69) is 10.3 Å². The minimum Gasteiger partial charge on any atom is -0.387 e. The molecule has 1 aliphatic heterocycles. The maximum atomic E-state index is 13.0. The molecular weight excluding hydrogens is 328 g/mol. The second-order valence-electron chi connectivity index (χ2n) is 6.57. The van der Waals surface area contributed by atoms with Crippen molar-refractivity contribution in [2.24, 2.45) is 0 Å². The van der Waals surface area contributed by atoms with Crippen molar-refractivity contribution in [2.75, 3.05) is 13.1 Å². The Kier molecular flexibility index (Phi) is 4.26. The molecule has 3 aromatic rings. The van der Waals surface area contributed by atoms with Crippen LogP contribution in [0.2, 0.25) is 0 Å². The van der Waals surface area contributed by atoms with Gasteiger partial charge in [-0.2, -0.15) is 0 Å². The number of benzene rings is 2. The smallest absolute Gasteiger partial charge is 0.254 e. The van der Waals surface area contributed by atoms with Gasteiger partial charge in [0.2, 0.25) is 0 Å². The molecule has 6 heteroatoms. The van der Waals surface area contributed by atoms with Crippen LogP contribution >= 0.6 is 0 Å². The Morgan fingerprint density at radius 1 is 1.12 bits per heavy atom. The van der Waals surface area contributed by atoms with Gasteiger partial charge in [-0.3, -0.25) is 4.79 Å². The zero-order valence-corrected chi connectivity index (χ0v) is 14.5. The van der Waals surface area contributed by atoms with E-state index in [0.717, 1.165) is 11.1 Å². The zero-order valence-electron chi connectivity index (χ0n) is 14.5. The van der Waals surface area contributed by atoms with E-state index < -0.39 is 6.10 Å². The van der Waals surface area contributed by atoms with E-state index in [4.69, 9.17) is 0 Å². The van der Waals surface area contributed by atoms with E-state index in [0.29, 0.717) is 24.3 Å². The molecule has 2 aromatic carbocycles. The third-order valence-electron chi connectivity index (χ3n) is 4.72. The predicted octanol–water partition coefficient (Wildman–Crippen LogP) is 2.70. The molecule has 1 amide bonds. The maximum absolute atomic E-state index is 13.0. The summed E-state index contributed by atoms with van der Waals surface area (Å²) in [6.45, 7) is 2.83. The van der Waals surface area contributed by atoms with Gasteiger partial charge in [-0.25, -0.2) is 4.68 Å². The van der Waals surface area contributed by atoms with Crippen LogP contribution in [-0.2, 0) is 0 Å². The van der Waals surface area contributed by atoms with Gasteiger partial charge in [0.1, 0.15) is 5.69 Å². The fourth-order valence-corrected chi connectivity index (χ4v) is 3.16. The minimum absolute atomic E-state index is 0.0246. The van der Waals surface area contributed by atoms with Crippen LogP contribution in [0.15, 0.2) is 60.8 Å². The Bertz CT molecular complexity index is 914. The molecule has 4 rings (SSSR count). The molecule has 2 heterocycles. The summed E-state index contributed by atoms with van der Waals surface area (Å²) in [4.78, 5) is 14.8. The van der Waals surface area contributed by atoms with Crippen molar-refractivity contribution in [1.82, 2.24) is 19.9 Å². The van der Waals surface area contributed by atoms with Crippen LogP contribution in [0.25, 0.3) is 11.1 Å². The van der Waals surface area contributed by atoms with Crippen molar-refractivity contribution >= 4 is 5.91 Å². The van der Waals surface area contributed by atoms with Crippen LogP contribution in [0.1, 0.15) is 35.1 Å². The fourth-order valence-electron chi connectivity index (χ4n) is 3.16. The third kappa shape index (κ3) is 2.99. The Balaban J connectivity index is 1.50. The SMILES string of the molecule is CC(O)c1cn(C2CN(C(=O)c3ccccc3-c3ccccc3)C2)nn1. The summed E-state index contributed by atoms with van der Waals surface area (Å²) in [7, 11) is 0. The van der Waals surface area contributed by atoms with Gasteiger partial charge in [0.25, 0.3) is 5.91 Å². The summed E-state index contributed by atoms with van der Waals surface area (Å²) in [6.07, 6.45) is 1.11. The van der Waals surface area contributed by atoms with Gasteiger partial charge in [-0.05, 0) is 24.1 Å². The van der Waals surface area contributed by atoms with Crippen molar-refractivity contribution < 1.29 is 9.90 Å². The highest BCUT2D eigenvalue weighted by Crippen LogP contribution is 2.28. The van der Waals surface area contributed by atoms with Gasteiger partial charge in [-0.1, -0.05) is 53.7 Å². The molecule has 0 bridgehead atoms. The number of carbonyl (C=O) groups excluding carboxylic acids is 1. The largest absolute Gasteiger partial charge is 0.387 e. The number of likely N-dealkylation sites (tertiary alicyclic amines) is 1. The molecule has 26 heavy (non-hydrogen) atoms. The molecule has 6 nitrogen and oxygen atoms in total. The lowest BCUT2D eigenvalue weighted by atomic mass is 9.97. The number of rotatable bonds is 4. The Morgan fingerprint density at radius 2 is 1.81 bits per heavy atom. The Morgan fingerprint density at radius 3 is 2.50 bits per heavy atom. The van der Waals surface area contributed by atoms with Crippen LogP contribution in [0.5, 0.6) is 0 Å². The standard InChI is InChI=1S/C20H20N4O2/c1-14(25)19-13-24(22-21-19)16-11-23(12-16)20(26)18-10-6-5-9-17(18)15-7-3-2-4-8-15/h2-10,13-14,16,25H,11-12H2,1H3. The van der Waals surface area contributed by atoms with Gasteiger partial charge in [0, 0.05) is 18.7 Å². The van der Waals surface area contributed by atoms with Crippen molar-refractivity contribution in [3.05, 3.63) is 72.1 Å². The molecule has 132 valence electrons. The average molecular weight is 348 g/mol. The number of carbonyl (C=O) groups is 1. The summed E-state index contributed by atoms with van der Waals surface area (Å²) < 4.78 is 1.73. The van der Waals surface area contributed by atoms with Crippen molar-refractivity contribution in [3.63, 3.8) is 0 Å². The quantitative estimate of drug-likeness (QED) is 0.787. The number of hydrogen-bond acceptors (Lipinski definition) is 4. The molecule has 1 unspecified atom stereocenters. The van der Waals surface area contributed by atoms with Gasteiger partial charge >= 0.3 is 0 Å². The highest BCUT2D eigenvalue weighted by Gasteiger charge is 2.34. The van der Waals surface area contributed by atoms with Gasteiger partial charge in [0.05, 0.1) is 18.3 Å². The molecule has 1 saturated heterocycles. The van der Waals surface area contributed by atoms with Crippen molar-refractivity contribution in [1.29, 1.82) is 0 Å². The molecule has 0 radical (unpaired) electrons. The lowest BCUT2D eigenvalue weighted by molar-refractivity contribution is 0.0499. The first kappa shape index (κ1) is 16.5. The van der Waals surface area contributed by atoms with Crippen molar-refractivity contribution in [3.8, 4) is 11.1 Å². The number of aliphatic hydroxyl groups is 1. The molecule has 0 aliphatic carbocycles. The van der Waals surface area contributed by atoms with E-state index in [-0.39, 0.29) is 11.9 Å². The molecule has 1 N–H and O–H groups in total. The van der Waals surface area contributed by atoms with Gasteiger partial charge < -0.3 is 10.0 Å². The molecule has 1 aliphatic rings. The van der Waals surface area contributed by atoms with Crippen LogP contribution in [0.4, 0.5) is 0 Å². The number of amides is 1. The number of nitrogens with zero attached hydrogens (tertiary/aromatic N) is 4. The molecular formula is C20H20N4O2. The first-order chi connectivity index (χ1) is 12.6. The molecule has 0 saturated carbocycles. The predicted molar refractivity (Wildman–Crippen MR) is 97.5 cm³/mol. The highest BCUT2D eigenvalue weighted by molar-refractivity contribution is 6.01. The lowest BCUT2D eigenvalue weighted by Gasteiger charge is -2.39. The van der Waals surface area contributed by atoms with Crippen molar-refractivity contribution in [2.45, 2.75) is 19.1 Å². The average Bonchev–Trinajstić information content (AvgIpc) is 3.11. The summed E-state index contributed by atoms with van der Waals surface area (Å²) in [5.41, 5.74) is 3.23. The van der Waals surface area contributed by atoms with E-state index in [1.165, 1.54) is 0 Å². The van der Waals surface area contributed by atoms with Gasteiger partial charge in [0.15, 0.2) is 0 Å². The highest BCUT2D eigenvalue weighted by atomic mass is 16.3. The van der Waals surface area contributed by atoms with Crippen LogP contribution in [0, 0.1) is 0 Å². The number of hydrogen-bond donors (Lipinski definition) is 1. The monoisotopic (exact) mass is 348 g/mol. The van der Waals surface area contributed by atoms with E-state index in [9.17, 15) is 9.90 Å². The lowest BCUT2D eigenvalue weighted by Crippen LogP contribution is -2.51. The normalized spacial score (nSPS) is 15.5. The number of aliphatic hydroxyl groups excluding tert-OH is 1. The Hall–Kier alpha value is -2.99. The Labute approximate surface area is 151 Å². The maximum Gasteiger partial charge on any atom is 0.254 e. The summed E-state index contributed by atoms with van der Waals surface area (Å²) >= 11 is 0. The second kappa shape index (κ2) is 6.72. The summed E-state index contributed by atoms with van der Waals surface area (Å²) in [5, 5.41) is 17.6. The fraction of sp³-hybridized carbons (Fsp3) is 0.250. The molecule has 1 atom stereocenters. The molecule has 1 fully saturated rings. The van der Waals surface area contributed by atoms with E-state index in [1.54, 1.807) is 17.8 Å². The zero-order chi connectivity index (χ0) is 18.1. The van der Waals surface area contributed by atoms with Crippen LogP contribution in [0.3, 0.4) is 0 Å². The van der Waals surface area contributed by atoms with Crippen LogP contribution in [-0.4, -0.2) is 44.0 Å². The topological polar surface area (TPSA) is 71.2 Å². The molecule has 1 aromatic heterocycles. The first-order valence-corrected chi connectivity index (χ1v) is 8.67. The van der Waals surface area contributed by atoms with E-state index >= 15 is 0 Å². The first-order valence-electron chi connectivity index (χ1n) is 8.67. The summed E-state index contributed by atoms with van der Waals surface area (Å²) in [6, 6.07) is 17.7. The summed E-state index contributed by atoms with van der Waals surface area (Å²) in [5.74, 6) is 0.0246.